The van der Waals surface area contributed by atoms with Gasteiger partial charge in [-0.25, -0.2) is 4.98 Å². The number of nitrogens with zero attached hydrogens (tertiary/aromatic N) is 5. The predicted molar refractivity (Wildman–Crippen MR) is 189 cm³/mol. The highest BCUT2D eigenvalue weighted by Crippen LogP contribution is 2.36. The Morgan fingerprint density at radius 1 is 0.894 bits per heavy atom. The van der Waals surface area contributed by atoms with Crippen LogP contribution in [0.2, 0.25) is 0 Å². The lowest BCUT2D eigenvalue weighted by molar-refractivity contribution is 0.102. The Kier molecular flexibility index (Phi) is 9.51. The summed E-state index contributed by atoms with van der Waals surface area (Å²) in [6.45, 7) is 13.5. The van der Waals surface area contributed by atoms with Crippen LogP contribution < -0.4 is 20.1 Å². The first-order valence-corrected chi connectivity index (χ1v) is 16.2. The van der Waals surface area contributed by atoms with Crippen molar-refractivity contribution in [1.82, 2.24) is 23.9 Å². The van der Waals surface area contributed by atoms with Gasteiger partial charge >= 0.3 is 0 Å². The van der Waals surface area contributed by atoms with Crippen LogP contribution in [0.5, 0.6) is 11.5 Å². The Morgan fingerprint density at radius 2 is 1.57 bits per heavy atom. The van der Waals surface area contributed by atoms with E-state index in [1.54, 1.807) is 38.9 Å². The second-order valence-electron chi connectivity index (χ2n) is 12.6. The van der Waals surface area contributed by atoms with E-state index in [2.05, 4.69) is 76.0 Å². The molecule has 10 nitrogen and oxygen atoms in total. The van der Waals surface area contributed by atoms with Gasteiger partial charge < -0.3 is 34.5 Å². The van der Waals surface area contributed by atoms with Crippen molar-refractivity contribution in [3.63, 3.8) is 0 Å². The standard InChI is InChI=1S/C37H45N7O3/c1-25(22-42-17-15-41(4)16-18-42)23-44-27(3)26(2)32-19-30(11-12-33(32)44)39-29-9-7-28(8-10-29)37(45)40-31-20-34(46-5)36(35(21-31)47-6)43-14-13-38-24-43/h7-14,19-21,24-25,39H,15-18,22-23H2,1-6H3,(H,40,45). The number of ether oxygens (including phenoxy) is 2. The zero-order valence-corrected chi connectivity index (χ0v) is 28.2. The number of likely N-dealkylation sites (N-methyl/N-ethyl adjacent to an activating group) is 1. The van der Waals surface area contributed by atoms with E-state index >= 15 is 0 Å². The molecule has 0 aliphatic carbocycles. The number of fused-ring (bicyclic) bond motifs is 1. The fourth-order valence-corrected chi connectivity index (χ4v) is 6.49. The summed E-state index contributed by atoms with van der Waals surface area (Å²) in [5.41, 5.74) is 7.64. The number of benzene rings is 3. The van der Waals surface area contributed by atoms with Crippen LogP contribution in [0.4, 0.5) is 17.1 Å². The first-order valence-electron chi connectivity index (χ1n) is 16.2. The van der Waals surface area contributed by atoms with Gasteiger partial charge in [-0.1, -0.05) is 6.92 Å². The summed E-state index contributed by atoms with van der Waals surface area (Å²) in [7, 11) is 5.37. The molecule has 0 saturated carbocycles. The van der Waals surface area contributed by atoms with E-state index in [1.807, 2.05) is 35.0 Å². The van der Waals surface area contributed by atoms with Crippen molar-refractivity contribution in [1.29, 1.82) is 0 Å². The number of aromatic nitrogens is 3. The molecule has 5 aromatic rings. The molecule has 1 atom stereocenters. The SMILES string of the molecule is COc1cc(NC(=O)c2ccc(Nc3ccc4c(c3)c(C)c(C)n4CC(C)CN3CCN(C)CC3)cc2)cc(OC)c1-n1ccnc1. The van der Waals surface area contributed by atoms with Crippen LogP contribution in [0.1, 0.15) is 28.5 Å². The van der Waals surface area contributed by atoms with Crippen molar-refractivity contribution in [2.45, 2.75) is 27.3 Å². The van der Waals surface area contributed by atoms with E-state index in [0.29, 0.717) is 34.4 Å². The number of rotatable bonds is 11. The molecule has 2 N–H and O–H groups in total. The van der Waals surface area contributed by atoms with Crippen molar-refractivity contribution < 1.29 is 14.3 Å². The molecular formula is C37H45N7O3. The first kappa shape index (κ1) is 32.2. The molecule has 1 aliphatic rings. The van der Waals surface area contributed by atoms with Gasteiger partial charge in [0.25, 0.3) is 5.91 Å². The molecule has 246 valence electrons. The lowest BCUT2D eigenvalue weighted by Gasteiger charge is -2.34. The summed E-state index contributed by atoms with van der Waals surface area (Å²) in [5, 5.41) is 7.76. The van der Waals surface area contributed by atoms with Gasteiger partial charge in [0.15, 0.2) is 0 Å². The van der Waals surface area contributed by atoms with Crippen LogP contribution in [0, 0.1) is 19.8 Å². The van der Waals surface area contributed by atoms with Gasteiger partial charge in [-0.05, 0) is 74.8 Å². The molecule has 2 aromatic heterocycles. The van der Waals surface area contributed by atoms with Crippen molar-refractivity contribution in [3.05, 3.63) is 90.1 Å². The van der Waals surface area contributed by atoms with Gasteiger partial charge in [-0.15, -0.1) is 0 Å². The van der Waals surface area contributed by atoms with E-state index < -0.39 is 0 Å². The molecule has 3 aromatic carbocycles. The molecule has 10 heteroatoms. The maximum atomic E-state index is 13.2. The van der Waals surface area contributed by atoms with Crippen LogP contribution >= 0.6 is 0 Å². The average molecular weight is 636 g/mol. The molecule has 0 spiro atoms. The summed E-state index contributed by atoms with van der Waals surface area (Å²) >= 11 is 0. The molecule has 0 bridgehead atoms. The van der Waals surface area contributed by atoms with E-state index in [-0.39, 0.29) is 5.91 Å². The summed E-state index contributed by atoms with van der Waals surface area (Å²) < 4.78 is 15.5. The number of carbonyl (C=O) groups excluding carboxylic acids is 1. The predicted octanol–water partition coefficient (Wildman–Crippen LogP) is 6.34. The molecule has 0 radical (unpaired) electrons. The minimum Gasteiger partial charge on any atom is -0.494 e. The monoisotopic (exact) mass is 635 g/mol. The molecule has 1 amide bonds. The number of imidazole rings is 1. The van der Waals surface area contributed by atoms with E-state index in [4.69, 9.17) is 9.47 Å². The largest absolute Gasteiger partial charge is 0.494 e. The number of aryl methyl sites for hydroxylation is 1. The third-order valence-electron chi connectivity index (χ3n) is 9.23. The Hall–Kier alpha value is -4.80. The van der Waals surface area contributed by atoms with Crippen LogP contribution in [0.25, 0.3) is 16.6 Å². The number of amides is 1. The average Bonchev–Trinajstić information content (AvgIpc) is 3.69. The van der Waals surface area contributed by atoms with E-state index in [0.717, 1.165) is 50.6 Å². The van der Waals surface area contributed by atoms with Gasteiger partial charge in [-0.3, -0.25) is 9.36 Å². The van der Waals surface area contributed by atoms with Crippen LogP contribution in [0.15, 0.2) is 73.3 Å². The van der Waals surface area contributed by atoms with E-state index in [9.17, 15) is 4.79 Å². The second-order valence-corrected chi connectivity index (χ2v) is 12.6. The number of hydrogen-bond acceptors (Lipinski definition) is 7. The van der Waals surface area contributed by atoms with E-state index in [1.165, 1.54) is 22.2 Å². The summed E-state index contributed by atoms with van der Waals surface area (Å²) in [6, 6.07) is 17.6. The number of piperazine rings is 1. The fraction of sp³-hybridized carbons (Fsp3) is 0.351. The van der Waals surface area contributed by atoms with Crippen molar-refractivity contribution >= 4 is 33.9 Å². The fourth-order valence-electron chi connectivity index (χ4n) is 6.49. The van der Waals surface area contributed by atoms with Crippen LogP contribution in [-0.2, 0) is 6.54 Å². The molecule has 1 fully saturated rings. The molecule has 1 aliphatic heterocycles. The third-order valence-corrected chi connectivity index (χ3v) is 9.23. The Morgan fingerprint density at radius 3 is 2.21 bits per heavy atom. The molecule has 47 heavy (non-hydrogen) atoms. The first-order chi connectivity index (χ1) is 22.7. The maximum absolute atomic E-state index is 13.2. The molecule has 6 rings (SSSR count). The van der Waals surface area contributed by atoms with Crippen molar-refractivity contribution in [2.24, 2.45) is 5.92 Å². The maximum Gasteiger partial charge on any atom is 0.255 e. The van der Waals surface area contributed by atoms with Gasteiger partial charge in [0.1, 0.15) is 17.2 Å². The van der Waals surface area contributed by atoms with Gasteiger partial charge in [0.05, 0.1) is 20.5 Å². The molecule has 1 saturated heterocycles. The number of anilines is 3. The molecule has 1 unspecified atom stereocenters. The van der Waals surface area contributed by atoms with Crippen LogP contribution in [-0.4, -0.2) is 83.8 Å². The zero-order chi connectivity index (χ0) is 33.1. The zero-order valence-electron chi connectivity index (χ0n) is 28.2. The number of carbonyl (C=O) groups is 1. The number of methoxy groups -OCH3 is 2. The Labute approximate surface area is 276 Å². The van der Waals surface area contributed by atoms with Crippen LogP contribution in [0.3, 0.4) is 0 Å². The highest BCUT2D eigenvalue weighted by atomic mass is 16.5. The highest BCUT2D eigenvalue weighted by Gasteiger charge is 2.19. The summed E-state index contributed by atoms with van der Waals surface area (Å²) in [6.07, 6.45) is 5.16. The molecule has 3 heterocycles. The minimum atomic E-state index is -0.230. The van der Waals surface area contributed by atoms with Gasteiger partial charge in [0, 0.05) is 103 Å². The van der Waals surface area contributed by atoms with Gasteiger partial charge in [0.2, 0.25) is 0 Å². The second kappa shape index (κ2) is 13.9. The smallest absolute Gasteiger partial charge is 0.255 e. The number of hydrogen-bond donors (Lipinski definition) is 2. The van der Waals surface area contributed by atoms with Crippen molar-refractivity contribution in [2.75, 3.05) is 64.6 Å². The Balaban J connectivity index is 1.12. The highest BCUT2D eigenvalue weighted by molar-refractivity contribution is 6.05. The minimum absolute atomic E-state index is 0.230. The quantitative estimate of drug-likeness (QED) is 0.175. The summed E-state index contributed by atoms with van der Waals surface area (Å²) in [4.78, 5) is 22.3. The van der Waals surface area contributed by atoms with Crippen molar-refractivity contribution in [3.8, 4) is 17.2 Å². The number of nitrogens with one attached hydrogen (secondary N) is 2. The topological polar surface area (TPSA) is 88.8 Å². The third kappa shape index (κ3) is 6.99. The molecular weight excluding hydrogens is 590 g/mol. The Bertz CT molecular complexity index is 1810. The normalized spacial score (nSPS) is 14.7. The lowest BCUT2D eigenvalue weighted by atomic mass is 10.1. The summed E-state index contributed by atoms with van der Waals surface area (Å²) in [5.74, 6) is 1.43. The van der Waals surface area contributed by atoms with Gasteiger partial charge in [-0.2, -0.15) is 0 Å². The lowest BCUT2D eigenvalue weighted by Crippen LogP contribution is -2.46.